The summed E-state index contributed by atoms with van der Waals surface area (Å²) >= 11 is 0. The van der Waals surface area contributed by atoms with E-state index in [0.717, 1.165) is 0 Å². The maximum Gasteiger partial charge on any atom is 0.436 e. The maximum absolute atomic E-state index is 10.9. The third kappa shape index (κ3) is 2.29. The van der Waals surface area contributed by atoms with E-state index < -0.39 is 4.92 Å². The number of aliphatic hydroxyl groups excluding tert-OH is 1. The predicted octanol–water partition coefficient (Wildman–Crippen LogP) is -0.0714. The SMILES string of the molecule is Cc1nc([N+](=O)[O-])n(CCO)c1N1CCOCC1. The molecule has 1 fully saturated rings. The molecule has 0 saturated carbocycles. The average Bonchev–Trinajstić information content (AvgIpc) is 2.68. The molecule has 0 bridgehead atoms. The van der Waals surface area contributed by atoms with Gasteiger partial charge in [0.15, 0.2) is 5.69 Å². The van der Waals surface area contributed by atoms with Gasteiger partial charge < -0.3 is 24.9 Å². The quantitative estimate of drug-likeness (QED) is 0.598. The number of aliphatic hydroxyl groups is 1. The summed E-state index contributed by atoms with van der Waals surface area (Å²) in [6.45, 7) is 4.29. The minimum atomic E-state index is -0.521. The van der Waals surface area contributed by atoms with Crippen LogP contribution in [0.5, 0.6) is 0 Å². The Balaban J connectivity index is 2.40. The van der Waals surface area contributed by atoms with Crippen molar-refractivity contribution in [2.45, 2.75) is 13.5 Å². The van der Waals surface area contributed by atoms with E-state index in [4.69, 9.17) is 9.84 Å². The smallest absolute Gasteiger partial charge is 0.393 e. The fraction of sp³-hybridized carbons (Fsp3) is 0.700. The first kappa shape index (κ1) is 12.8. The van der Waals surface area contributed by atoms with Gasteiger partial charge in [-0.25, -0.2) is 4.57 Å². The van der Waals surface area contributed by atoms with E-state index in [1.165, 1.54) is 4.57 Å². The van der Waals surface area contributed by atoms with Crippen molar-refractivity contribution < 1.29 is 14.8 Å². The molecule has 8 nitrogen and oxygen atoms in total. The van der Waals surface area contributed by atoms with Crippen LogP contribution in [-0.4, -0.2) is 52.5 Å². The highest BCUT2D eigenvalue weighted by molar-refractivity contribution is 5.49. The van der Waals surface area contributed by atoms with E-state index >= 15 is 0 Å². The molecule has 0 atom stereocenters. The maximum atomic E-state index is 10.9. The summed E-state index contributed by atoms with van der Waals surface area (Å²) in [7, 11) is 0. The number of morpholine rings is 1. The van der Waals surface area contributed by atoms with Crippen LogP contribution in [0.3, 0.4) is 0 Å². The molecule has 2 rings (SSSR count). The molecular weight excluding hydrogens is 240 g/mol. The summed E-state index contributed by atoms with van der Waals surface area (Å²) in [5, 5.41) is 20.0. The lowest BCUT2D eigenvalue weighted by Gasteiger charge is -2.27. The van der Waals surface area contributed by atoms with E-state index in [1.54, 1.807) is 6.92 Å². The predicted molar refractivity (Wildman–Crippen MR) is 63.7 cm³/mol. The van der Waals surface area contributed by atoms with Crippen molar-refractivity contribution in [3.05, 3.63) is 15.8 Å². The third-order valence-corrected chi connectivity index (χ3v) is 2.89. The number of nitrogens with zero attached hydrogens (tertiary/aromatic N) is 4. The Morgan fingerprint density at radius 3 is 2.72 bits per heavy atom. The van der Waals surface area contributed by atoms with Crippen LogP contribution in [0.15, 0.2) is 0 Å². The Bertz CT molecular complexity index is 439. The van der Waals surface area contributed by atoms with Crippen LogP contribution in [0.4, 0.5) is 11.8 Å². The van der Waals surface area contributed by atoms with Gasteiger partial charge in [-0.15, -0.1) is 0 Å². The van der Waals surface area contributed by atoms with Crippen LogP contribution in [0.1, 0.15) is 5.69 Å². The number of hydrogen-bond donors (Lipinski definition) is 1. The Kier molecular flexibility index (Phi) is 3.78. The highest BCUT2D eigenvalue weighted by atomic mass is 16.6. The zero-order valence-electron chi connectivity index (χ0n) is 10.2. The van der Waals surface area contributed by atoms with Crippen molar-refractivity contribution >= 4 is 11.8 Å². The molecule has 0 spiro atoms. The summed E-state index contributed by atoms with van der Waals surface area (Å²) in [4.78, 5) is 16.4. The molecule has 1 aliphatic heterocycles. The molecule has 1 saturated heterocycles. The second-order valence-corrected chi connectivity index (χ2v) is 4.05. The summed E-state index contributed by atoms with van der Waals surface area (Å²) in [5.41, 5.74) is 0.608. The Morgan fingerprint density at radius 1 is 1.50 bits per heavy atom. The molecule has 1 aromatic heterocycles. The summed E-state index contributed by atoms with van der Waals surface area (Å²) in [6.07, 6.45) is 0. The van der Waals surface area contributed by atoms with E-state index in [9.17, 15) is 10.1 Å². The standard InChI is InChI=1S/C10H16N4O4/c1-8-9(12-3-6-18-7-4-12)13(2-5-15)10(11-8)14(16)17/h15H,2-7H2,1H3. The van der Waals surface area contributed by atoms with Gasteiger partial charge in [-0.3, -0.25) is 0 Å². The monoisotopic (exact) mass is 256 g/mol. The van der Waals surface area contributed by atoms with Gasteiger partial charge in [0.25, 0.3) is 0 Å². The lowest BCUT2D eigenvalue weighted by Crippen LogP contribution is -2.38. The first-order valence-electron chi connectivity index (χ1n) is 5.80. The average molecular weight is 256 g/mol. The van der Waals surface area contributed by atoms with Crippen LogP contribution in [0.25, 0.3) is 0 Å². The number of imidazole rings is 1. The molecule has 0 amide bonds. The van der Waals surface area contributed by atoms with Crippen molar-refractivity contribution in [2.24, 2.45) is 0 Å². The molecule has 0 aliphatic carbocycles. The minimum absolute atomic E-state index is 0.159. The Morgan fingerprint density at radius 2 is 2.17 bits per heavy atom. The topological polar surface area (TPSA) is 93.7 Å². The summed E-state index contributed by atoms with van der Waals surface area (Å²) in [5.74, 6) is 0.488. The van der Waals surface area contributed by atoms with E-state index in [1.807, 2.05) is 4.90 Å². The number of anilines is 1. The van der Waals surface area contributed by atoms with Gasteiger partial charge in [0.05, 0.1) is 26.4 Å². The van der Waals surface area contributed by atoms with Crippen LogP contribution in [-0.2, 0) is 11.3 Å². The van der Waals surface area contributed by atoms with Gasteiger partial charge in [-0.05, 0) is 11.8 Å². The molecule has 2 heterocycles. The molecule has 0 radical (unpaired) electrons. The van der Waals surface area contributed by atoms with Crippen molar-refractivity contribution in [1.29, 1.82) is 0 Å². The number of aromatic nitrogens is 2. The molecule has 0 aromatic carbocycles. The number of ether oxygens (including phenoxy) is 1. The van der Waals surface area contributed by atoms with Gasteiger partial charge in [-0.2, -0.15) is 0 Å². The molecule has 1 aromatic rings. The van der Waals surface area contributed by atoms with Gasteiger partial charge in [0.1, 0.15) is 0 Å². The normalized spacial score (nSPS) is 16.0. The first-order chi connectivity index (χ1) is 8.65. The zero-order valence-corrected chi connectivity index (χ0v) is 10.2. The van der Waals surface area contributed by atoms with Crippen LogP contribution < -0.4 is 4.90 Å². The fourth-order valence-electron chi connectivity index (χ4n) is 2.17. The minimum Gasteiger partial charge on any atom is -0.393 e. The van der Waals surface area contributed by atoms with Crippen molar-refractivity contribution in [3.63, 3.8) is 0 Å². The van der Waals surface area contributed by atoms with E-state index in [-0.39, 0.29) is 19.1 Å². The molecule has 100 valence electrons. The lowest BCUT2D eigenvalue weighted by atomic mass is 10.3. The molecule has 1 N–H and O–H groups in total. The number of nitro groups is 1. The van der Waals surface area contributed by atoms with Gasteiger partial charge >= 0.3 is 5.95 Å². The molecule has 0 unspecified atom stereocenters. The first-order valence-corrected chi connectivity index (χ1v) is 5.80. The third-order valence-electron chi connectivity index (χ3n) is 2.89. The van der Waals surface area contributed by atoms with Crippen LogP contribution in [0, 0.1) is 17.0 Å². The van der Waals surface area contributed by atoms with Crippen LogP contribution in [0.2, 0.25) is 0 Å². The molecular formula is C10H16N4O4. The summed E-state index contributed by atoms with van der Waals surface area (Å²) in [6, 6.07) is 0. The summed E-state index contributed by atoms with van der Waals surface area (Å²) < 4.78 is 6.72. The second kappa shape index (κ2) is 5.32. The lowest BCUT2D eigenvalue weighted by molar-refractivity contribution is -0.396. The van der Waals surface area contributed by atoms with E-state index in [2.05, 4.69) is 4.98 Å². The largest absolute Gasteiger partial charge is 0.436 e. The highest BCUT2D eigenvalue weighted by Crippen LogP contribution is 2.26. The molecule has 18 heavy (non-hydrogen) atoms. The van der Waals surface area contributed by atoms with Crippen LogP contribution >= 0.6 is 0 Å². The number of hydrogen-bond acceptors (Lipinski definition) is 6. The van der Waals surface area contributed by atoms with Gasteiger partial charge in [0.2, 0.25) is 5.82 Å². The number of aryl methyl sites for hydroxylation is 1. The van der Waals surface area contributed by atoms with Crippen molar-refractivity contribution in [3.8, 4) is 0 Å². The number of rotatable bonds is 4. The van der Waals surface area contributed by atoms with Gasteiger partial charge in [0, 0.05) is 13.1 Å². The molecule has 8 heteroatoms. The van der Waals surface area contributed by atoms with E-state index in [0.29, 0.717) is 37.8 Å². The van der Waals surface area contributed by atoms with Crippen molar-refractivity contribution in [1.82, 2.24) is 9.55 Å². The fourth-order valence-corrected chi connectivity index (χ4v) is 2.17. The highest BCUT2D eigenvalue weighted by Gasteiger charge is 2.29. The molecule has 1 aliphatic rings. The van der Waals surface area contributed by atoms with Gasteiger partial charge in [-0.1, -0.05) is 4.98 Å². The Labute approximate surface area is 104 Å². The second-order valence-electron chi connectivity index (χ2n) is 4.05. The van der Waals surface area contributed by atoms with Crippen molar-refractivity contribution in [2.75, 3.05) is 37.8 Å². The zero-order chi connectivity index (χ0) is 13.1. The Hall–Kier alpha value is -1.67.